The van der Waals surface area contributed by atoms with E-state index in [2.05, 4.69) is 21.7 Å². The highest BCUT2D eigenvalue weighted by atomic mass is 16.1. The van der Waals surface area contributed by atoms with Crippen LogP contribution in [-0.2, 0) is 6.42 Å². The highest BCUT2D eigenvalue weighted by Gasteiger charge is 2.16. The number of H-pyrrole nitrogens is 1. The molecular weight excluding hydrogens is 254 g/mol. The molecule has 106 valence electrons. The molecule has 0 amide bonds. The van der Waals surface area contributed by atoms with E-state index in [0.717, 1.165) is 22.6 Å². The second kappa shape index (κ2) is 5.32. The summed E-state index contributed by atoms with van der Waals surface area (Å²) in [6.45, 7) is 9.60. The van der Waals surface area contributed by atoms with Crippen molar-refractivity contribution in [2.24, 2.45) is 4.99 Å². The van der Waals surface area contributed by atoms with Gasteiger partial charge in [-0.3, -0.25) is 14.9 Å². The predicted octanol–water partition coefficient (Wildman–Crippen LogP) is 1.89. The molecule has 6 heteroatoms. The highest BCUT2D eigenvalue weighted by Crippen LogP contribution is 2.21. The quantitative estimate of drug-likeness (QED) is 0.683. The molecule has 2 rings (SSSR count). The molecule has 0 atom stereocenters. The number of nitrogens with zero attached hydrogens (tertiary/aromatic N) is 4. The summed E-state index contributed by atoms with van der Waals surface area (Å²) in [5, 5.41) is 2.95. The van der Waals surface area contributed by atoms with Gasteiger partial charge in [-0.15, -0.1) is 0 Å². The van der Waals surface area contributed by atoms with Crippen molar-refractivity contribution in [3.63, 3.8) is 0 Å². The Balaban J connectivity index is 2.75. The molecule has 0 aromatic carbocycles. The van der Waals surface area contributed by atoms with Gasteiger partial charge in [-0.25, -0.2) is 4.98 Å². The van der Waals surface area contributed by atoms with E-state index in [1.54, 1.807) is 24.5 Å². The second-order valence-corrected chi connectivity index (χ2v) is 4.63. The molecule has 0 fully saturated rings. The molecule has 0 saturated carbocycles. The Labute approximate surface area is 117 Å². The molecule has 1 N–H and O–H groups in total. The highest BCUT2D eigenvalue weighted by molar-refractivity contribution is 5.88. The van der Waals surface area contributed by atoms with Crippen molar-refractivity contribution in [2.45, 2.75) is 27.2 Å². The van der Waals surface area contributed by atoms with Crippen LogP contribution in [0.1, 0.15) is 25.1 Å². The molecule has 6 nitrogen and oxygen atoms in total. The van der Waals surface area contributed by atoms with Crippen LogP contribution in [0, 0.1) is 6.92 Å². The molecule has 2 aromatic rings. The van der Waals surface area contributed by atoms with E-state index in [-0.39, 0.29) is 5.56 Å². The number of aryl methyl sites for hydroxylation is 1. The third-order valence-electron chi connectivity index (χ3n) is 3.20. The van der Waals surface area contributed by atoms with Crippen LogP contribution in [0.25, 0.3) is 5.65 Å². The summed E-state index contributed by atoms with van der Waals surface area (Å²) >= 11 is 0. The maximum absolute atomic E-state index is 12.4. The summed E-state index contributed by atoms with van der Waals surface area (Å²) < 4.78 is 1.46. The summed E-state index contributed by atoms with van der Waals surface area (Å²) in [7, 11) is 1.69. The van der Waals surface area contributed by atoms with Crippen LogP contribution in [0.3, 0.4) is 0 Å². The maximum atomic E-state index is 12.4. The number of rotatable bonds is 4. The molecule has 0 saturated heterocycles. The van der Waals surface area contributed by atoms with Crippen LogP contribution in [0.5, 0.6) is 0 Å². The van der Waals surface area contributed by atoms with Crippen molar-refractivity contribution in [3.8, 4) is 0 Å². The standard InChI is InChI=1S/C14H19N5O/c1-6-11-10(4)17-13-12(7-16-19(13)14(11)20)18(8-15-5)9(2)3/h7-8,16H,2,6H2,1,3-5H3. The summed E-state index contributed by atoms with van der Waals surface area (Å²) in [5.74, 6) is 0. The molecule has 20 heavy (non-hydrogen) atoms. The molecule has 0 bridgehead atoms. The second-order valence-electron chi connectivity index (χ2n) is 4.63. The number of anilines is 1. The molecule has 2 aromatic heterocycles. The number of fused-ring (bicyclic) bond motifs is 1. The predicted molar refractivity (Wildman–Crippen MR) is 81.6 cm³/mol. The van der Waals surface area contributed by atoms with Crippen molar-refractivity contribution < 1.29 is 0 Å². The van der Waals surface area contributed by atoms with Crippen LogP contribution >= 0.6 is 0 Å². The zero-order valence-electron chi connectivity index (χ0n) is 12.3. The van der Waals surface area contributed by atoms with Gasteiger partial charge >= 0.3 is 0 Å². The topological polar surface area (TPSA) is 65.8 Å². The lowest BCUT2D eigenvalue weighted by atomic mass is 10.2. The van der Waals surface area contributed by atoms with Crippen molar-refractivity contribution in [1.82, 2.24) is 14.6 Å². The van der Waals surface area contributed by atoms with Gasteiger partial charge in [0.2, 0.25) is 0 Å². The van der Waals surface area contributed by atoms with E-state index in [9.17, 15) is 4.79 Å². The van der Waals surface area contributed by atoms with E-state index < -0.39 is 0 Å². The lowest BCUT2D eigenvalue weighted by Crippen LogP contribution is -2.23. The first kappa shape index (κ1) is 14.0. The molecular formula is C14H19N5O. The van der Waals surface area contributed by atoms with Gasteiger partial charge in [0, 0.05) is 30.2 Å². The fourth-order valence-corrected chi connectivity index (χ4v) is 2.21. The number of aromatic nitrogens is 3. The van der Waals surface area contributed by atoms with Gasteiger partial charge in [-0.1, -0.05) is 13.5 Å². The van der Waals surface area contributed by atoms with Crippen molar-refractivity contribution in [1.29, 1.82) is 0 Å². The van der Waals surface area contributed by atoms with Gasteiger partial charge < -0.3 is 4.90 Å². The molecule has 0 aliphatic rings. The Morgan fingerprint density at radius 1 is 1.65 bits per heavy atom. The number of nitrogens with one attached hydrogen (secondary N) is 1. The summed E-state index contributed by atoms with van der Waals surface area (Å²) in [6.07, 6.45) is 4.05. The average Bonchev–Trinajstić information content (AvgIpc) is 2.79. The van der Waals surface area contributed by atoms with Gasteiger partial charge in [-0.05, 0) is 20.3 Å². The minimum absolute atomic E-state index is 0.0589. The van der Waals surface area contributed by atoms with Gasteiger partial charge in [0.15, 0.2) is 5.65 Å². The molecule has 0 aliphatic heterocycles. The van der Waals surface area contributed by atoms with Gasteiger partial charge in [-0.2, -0.15) is 4.52 Å². The normalized spacial score (nSPS) is 11.4. The van der Waals surface area contributed by atoms with Crippen LogP contribution in [0.2, 0.25) is 0 Å². The van der Waals surface area contributed by atoms with Crippen LogP contribution in [0.15, 0.2) is 28.3 Å². The number of aromatic amines is 1. The average molecular weight is 273 g/mol. The number of aliphatic imine (C=N–C) groups is 1. The number of hydrogen-bond acceptors (Lipinski definition) is 3. The van der Waals surface area contributed by atoms with E-state index in [0.29, 0.717) is 12.1 Å². The molecule has 2 heterocycles. The van der Waals surface area contributed by atoms with Crippen LogP contribution in [0.4, 0.5) is 5.69 Å². The van der Waals surface area contributed by atoms with E-state index >= 15 is 0 Å². The van der Waals surface area contributed by atoms with E-state index in [1.807, 2.05) is 20.8 Å². The fourth-order valence-electron chi connectivity index (χ4n) is 2.21. The molecule has 0 unspecified atom stereocenters. The first-order valence-corrected chi connectivity index (χ1v) is 6.47. The fraction of sp³-hybridized carbons (Fsp3) is 0.357. The van der Waals surface area contributed by atoms with Crippen LogP contribution < -0.4 is 10.5 Å². The van der Waals surface area contributed by atoms with E-state index in [4.69, 9.17) is 0 Å². The largest absolute Gasteiger partial charge is 0.301 e. The number of allylic oxidation sites excluding steroid dienone is 1. The van der Waals surface area contributed by atoms with Gasteiger partial charge in [0.1, 0.15) is 5.69 Å². The number of hydrogen-bond donors (Lipinski definition) is 1. The third kappa shape index (κ3) is 2.13. The summed E-state index contributed by atoms with van der Waals surface area (Å²) in [5.41, 5.74) is 3.55. The Morgan fingerprint density at radius 3 is 2.90 bits per heavy atom. The Kier molecular flexibility index (Phi) is 3.74. The molecule has 0 spiro atoms. The summed E-state index contributed by atoms with van der Waals surface area (Å²) in [6, 6.07) is 0. The minimum Gasteiger partial charge on any atom is -0.301 e. The zero-order chi connectivity index (χ0) is 14.9. The van der Waals surface area contributed by atoms with Crippen molar-refractivity contribution >= 4 is 17.7 Å². The van der Waals surface area contributed by atoms with Crippen LogP contribution in [-0.4, -0.2) is 28.0 Å². The van der Waals surface area contributed by atoms with Gasteiger partial charge in [0.05, 0.1) is 6.34 Å². The monoisotopic (exact) mass is 273 g/mol. The maximum Gasteiger partial charge on any atom is 0.276 e. The SMILES string of the molecule is C=C(C)N(C=NC)c1c[nH]n2c(=O)c(CC)c(C)nc12. The zero-order valence-corrected chi connectivity index (χ0v) is 12.3. The smallest absolute Gasteiger partial charge is 0.276 e. The molecule has 0 aliphatic carbocycles. The Morgan fingerprint density at radius 2 is 2.35 bits per heavy atom. The van der Waals surface area contributed by atoms with Crippen molar-refractivity contribution in [3.05, 3.63) is 40.1 Å². The lowest BCUT2D eigenvalue weighted by molar-refractivity contribution is 0.853. The van der Waals surface area contributed by atoms with Gasteiger partial charge in [0.25, 0.3) is 5.56 Å². The van der Waals surface area contributed by atoms with Crippen molar-refractivity contribution in [2.75, 3.05) is 11.9 Å². The first-order valence-electron chi connectivity index (χ1n) is 6.47. The third-order valence-corrected chi connectivity index (χ3v) is 3.20. The lowest BCUT2D eigenvalue weighted by Gasteiger charge is -2.17. The Bertz CT molecular complexity index is 738. The minimum atomic E-state index is -0.0589. The van der Waals surface area contributed by atoms with E-state index in [1.165, 1.54) is 4.52 Å². The Hall–Kier alpha value is -2.37. The molecule has 0 radical (unpaired) electrons. The summed E-state index contributed by atoms with van der Waals surface area (Å²) in [4.78, 5) is 22.7. The first-order chi connectivity index (χ1) is 9.51.